The summed E-state index contributed by atoms with van der Waals surface area (Å²) in [6, 6.07) is 16.2. The summed E-state index contributed by atoms with van der Waals surface area (Å²) in [5, 5.41) is 20.6. The minimum Gasteiger partial charge on any atom is -0.492 e. The van der Waals surface area contributed by atoms with Gasteiger partial charge in [0.15, 0.2) is 5.82 Å². The molecule has 3 aliphatic rings. The highest BCUT2D eigenvalue weighted by atomic mass is 19.1. The number of carbonyl (C=O) groups is 2. The number of amides is 1. The maximum absolute atomic E-state index is 15.2. The standard InChI is InChI=1S/C34H36FN7O4.CH2O2/c35-28-19-23(21-4-5-21)18-22-10-11-42(32(44)30(22)28)29-3-1-2-26(27(29)20-43)31-38-33(36)40-34(39-31)37-24-6-8-25(9-7-24)46-17-14-41-12-15-45-16-13-41;2-1-3/h1-3,6-9,18-19,21,43H,4-5,10-17,20H2,(H3,36,37,38,39,40);1H,(H,2,3). The smallest absolute Gasteiger partial charge is 0.290 e. The van der Waals surface area contributed by atoms with Gasteiger partial charge in [0.1, 0.15) is 18.2 Å². The summed E-state index contributed by atoms with van der Waals surface area (Å²) >= 11 is 0. The van der Waals surface area contributed by atoms with Crippen LogP contribution in [0.2, 0.25) is 0 Å². The van der Waals surface area contributed by atoms with Gasteiger partial charge in [-0.15, -0.1) is 0 Å². The summed E-state index contributed by atoms with van der Waals surface area (Å²) < 4.78 is 26.5. The fourth-order valence-electron chi connectivity index (χ4n) is 6.13. The number of carboxylic acid groups (broad SMARTS) is 1. The third kappa shape index (κ3) is 7.94. The average molecular weight is 672 g/mol. The van der Waals surface area contributed by atoms with Crippen molar-refractivity contribution >= 4 is 35.7 Å². The minimum absolute atomic E-state index is 0.0126. The molecule has 1 saturated heterocycles. The van der Waals surface area contributed by atoms with Gasteiger partial charge in [-0.1, -0.05) is 18.2 Å². The molecular formula is C35H38FN7O6. The molecule has 7 rings (SSSR count). The van der Waals surface area contributed by atoms with E-state index >= 15 is 4.39 Å². The molecule has 1 amide bonds. The van der Waals surface area contributed by atoms with Crippen LogP contribution < -0.4 is 20.7 Å². The normalized spacial score (nSPS) is 16.0. The van der Waals surface area contributed by atoms with Crippen LogP contribution >= 0.6 is 0 Å². The van der Waals surface area contributed by atoms with Gasteiger partial charge in [0, 0.05) is 43.0 Å². The van der Waals surface area contributed by atoms with Crippen molar-refractivity contribution in [2.45, 2.75) is 31.8 Å². The lowest BCUT2D eigenvalue weighted by Crippen LogP contribution is -2.39. The fourth-order valence-corrected chi connectivity index (χ4v) is 6.13. The Bertz CT molecular complexity index is 1800. The minimum atomic E-state index is -0.496. The number of morpholine rings is 1. The summed E-state index contributed by atoms with van der Waals surface area (Å²) in [5.74, 6) is 0.646. The highest BCUT2D eigenvalue weighted by Crippen LogP contribution is 2.42. The van der Waals surface area contributed by atoms with Crippen LogP contribution in [0.15, 0.2) is 54.6 Å². The van der Waals surface area contributed by atoms with E-state index < -0.39 is 18.3 Å². The Hall–Kier alpha value is -5.18. The van der Waals surface area contributed by atoms with E-state index in [0.29, 0.717) is 42.3 Å². The van der Waals surface area contributed by atoms with Crippen molar-refractivity contribution in [1.29, 1.82) is 0 Å². The maximum atomic E-state index is 15.2. The second-order valence-corrected chi connectivity index (χ2v) is 11.9. The SMILES string of the molecule is Nc1nc(Nc2ccc(OCCN3CCOCC3)cc2)nc(-c2cccc(N3CCc4cc(C5CC5)cc(F)c4C3=O)c2CO)n1.O=CO. The van der Waals surface area contributed by atoms with Gasteiger partial charge < -0.3 is 35.6 Å². The number of hydrogen-bond acceptors (Lipinski definition) is 11. The van der Waals surface area contributed by atoms with Crippen molar-refractivity contribution in [2.75, 3.05) is 62.0 Å². The highest BCUT2D eigenvalue weighted by Gasteiger charge is 2.33. The van der Waals surface area contributed by atoms with Crippen molar-refractivity contribution in [3.63, 3.8) is 0 Å². The third-order valence-corrected chi connectivity index (χ3v) is 8.69. The Labute approximate surface area is 282 Å². The van der Waals surface area contributed by atoms with Gasteiger partial charge in [0.05, 0.1) is 31.1 Å². The van der Waals surface area contributed by atoms with Crippen LogP contribution in [0.5, 0.6) is 5.75 Å². The zero-order valence-electron chi connectivity index (χ0n) is 26.8. The molecular weight excluding hydrogens is 633 g/mol. The van der Waals surface area contributed by atoms with Crippen molar-refractivity contribution < 1.29 is 33.7 Å². The van der Waals surface area contributed by atoms with Gasteiger partial charge >= 0.3 is 0 Å². The molecule has 4 aromatic rings. The first-order valence-electron chi connectivity index (χ1n) is 16.1. The molecule has 2 aliphatic heterocycles. The number of halogens is 1. The van der Waals surface area contributed by atoms with Gasteiger partial charge in [-0.05, 0) is 72.7 Å². The number of nitrogens with two attached hydrogens (primary N) is 1. The fraction of sp³-hybridized carbons (Fsp3) is 0.343. The summed E-state index contributed by atoms with van der Waals surface area (Å²) in [5.41, 5.74) is 10.0. The van der Waals surface area contributed by atoms with Crippen molar-refractivity contribution in [2.24, 2.45) is 0 Å². The predicted molar refractivity (Wildman–Crippen MR) is 181 cm³/mol. The zero-order chi connectivity index (χ0) is 34.3. The van der Waals surface area contributed by atoms with Crippen LogP contribution in [0.1, 0.15) is 45.8 Å². The van der Waals surface area contributed by atoms with Gasteiger partial charge in [0.25, 0.3) is 12.4 Å². The Balaban J connectivity index is 0.00000134. The van der Waals surface area contributed by atoms with E-state index in [0.717, 1.165) is 68.3 Å². The van der Waals surface area contributed by atoms with E-state index in [1.54, 1.807) is 18.2 Å². The molecule has 0 spiro atoms. The van der Waals surface area contributed by atoms with Crippen LogP contribution in [-0.4, -0.2) is 88.4 Å². The lowest BCUT2D eigenvalue weighted by Gasteiger charge is -2.31. The number of aromatic nitrogens is 3. The Morgan fingerprint density at radius 3 is 2.53 bits per heavy atom. The largest absolute Gasteiger partial charge is 0.492 e. The van der Waals surface area contributed by atoms with E-state index in [1.165, 1.54) is 11.0 Å². The number of nitrogen functional groups attached to an aromatic ring is 1. The average Bonchev–Trinajstić information content (AvgIpc) is 3.95. The molecule has 3 aromatic carbocycles. The molecule has 1 aliphatic carbocycles. The first-order chi connectivity index (χ1) is 23.9. The lowest BCUT2D eigenvalue weighted by atomic mass is 9.93. The van der Waals surface area contributed by atoms with Crippen molar-refractivity contribution in [1.82, 2.24) is 19.9 Å². The molecule has 14 heteroatoms. The number of fused-ring (bicyclic) bond motifs is 1. The van der Waals surface area contributed by atoms with Crippen molar-refractivity contribution in [3.8, 4) is 17.1 Å². The first-order valence-corrected chi connectivity index (χ1v) is 16.1. The van der Waals surface area contributed by atoms with Gasteiger partial charge in [-0.2, -0.15) is 15.0 Å². The Morgan fingerprint density at radius 1 is 1.06 bits per heavy atom. The Morgan fingerprint density at radius 2 is 1.82 bits per heavy atom. The van der Waals surface area contributed by atoms with Crippen LogP contribution in [0, 0.1) is 5.82 Å². The number of ether oxygens (including phenoxy) is 2. The third-order valence-electron chi connectivity index (χ3n) is 8.69. The molecule has 1 saturated carbocycles. The van der Waals surface area contributed by atoms with E-state index in [2.05, 4.69) is 25.2 Å². The molecule has 49 heavy (non-hydrogen) atoms. The number of aliphatic hydroxyl groups is 1. The number of carbonyl (C=O) groups excluding carboxylic acids is 1. The quantitative estimate of drug-likeness (QED) is 0.179. The molecule has 13 nitrogen and oxygen atoms in total. The molecule has 0 bridgehead atoms. The summed E-state index contributed by atoms with van der Waals surface area (Å²) in [6.07, 6.45) is 2.63. The predicted octanol–water partition coefficient (Wildman–Crippen LogP) is 3.99. The molecule has 0 radical (unpaired) electrons. The van der Waals surface area contributed by atoms with Gasteiger partial charge in [-0.25, -0.2) is 4.39 Å². The topological polar surface area (TPSA) is 176 Å². The summed E-state index contributed by atoms with van der Waals surface area (Å²) in [7, 11) is 0. The number of benzene rings is 3. The molecule has 3 heterocycles. The van der Waals surface area contributed by atoms with Crippen LogP contribution in [-0.2, 0) is 22.6 Å². The summed E-state index contributed by atoms with van der Waals surface area (Å²) in [6.45, 7) is 4.47. The monoisotopic (exact) mass is 671 g/mol. The first kappa shape index (κ1) is 33.7. The molecule has 5 N–H and O–H groups in total. The molecule has 256 valence electrons. The second-order valence-electron chi connectivity index (χ2n) is 11.9. The Kier molecular flexibility index (Phi) is 10.6. The number of anilines is 4. The number of nitrogens with zero attached hydrogens (tertiary/aromatic N) is 5. The van der Waals surface area contributed by atoms with Crippen LogP contribution in [0.25, 0.3) is 11.4 Å². The van der Waals surface area contributed by atoms with Crippen LogP contribution in [0.4, 0.5) is 27.7 Å². The summed E-state index contributed by atoms with van der Waals surface area (Å²) in [4.78, 5) is 39.0. The molecule has 0 atom stereocenters. The van der Waals surface area contributed by atoms with E-state index in [9.17, 15) is 9.90 Å². The van der Waals surface area contributed by atoms with Crippen LogP contribution in [0.3, 0.4) is 0 Å². The number of nitrogens with one attached hydrogen (secondary N) is 1. The van der Waals surface area contributed by atoms with Gasteiger partial charge in [0.2, 0.25) is 11.9 Å². The molecule has 2 fully saturated rings. The maximum Gasteiger partial charge on any atom is 0.290 e. The van der Waals surface area contributed by atoms with Crippen molar-refractivity contribution in [3.05, 3.63) is 82.7 Å². The zero-order valence-corrected chi connectivity index (χ0v) is 26.8. The highest BCUT2D eigenvalue weighted by molar-refractivity contribution is 6.09. The van der Waals surface area contributed by atoms with Gasteiger partial charge in [-0.3, -0.25) is 14.5 Å². The molecule has 0 unspecified atom stereocenters. The number of hydrogen-bond donors (Lipinski definition) is 4. The number of rotatable bonds is 10. The molecule has 1 aromatic heterocycles. The lowest BCUT2D eigenvalue weighted by molar-refractivity contribution is -0.122. The van der Waals surface area contributed by atoms with E-state index in [1.807, 2.05) is 30.3 Å². The second kappa shape index (κ2) is 15.4. The number of aliphatic hydroxyl groups excluding tert-OH is 1. The van der Waals surface area contributed by atoms with E-state index in [-0.39, 0.29) is 29.8 Å². The van der Waals surface area contributed by atoms with E-state index in [4.69, 9.17) is 25.1 Å².